The van der Waals surface area contributed by atoms with Crippen molar-refractivity contribution >= 4 is 55.3 Å². The smallest absolute Gasteiger partial charge is 0.222 e. The molecule has 1 heterocycles. The molecule has 2 N–H and O–H groups in total. The van der Waals surface area contributed by atoms with Crippen LogP contribution in [0.5, 0.6) is 5.75 Å². The van der Waals surface area contributed by atoms with Crippen molar-refractivity contribution in [2.45, 2.75) is 6.61 Å². The molecule has 5 nitrogen and oxygen atoms in total. The van der Waals surface area contributed by atoms with Gasteiger partial charge in [-0.05, 0) is 58.3 Å². The molecule has 0 bridgehead atoms. The molecule has 0 saturated heterocycles. The van der Waals surface area contributed by atoms with Crippen LogP contribution in [0.2, 0.25) is 0 Å². The molecule has 6 rings (SSSR count). The van der Waals surface area contributed by atoms with Gasteiger partial charge in [0.1, 0.15) is 12.4 Å². The lowest BCUT2D eigenvalue weighted by atomic mass is 9.99. The van der Waals surface area contributed by atoms with Gasteiger partial charge < -0.3 is 10.5 Å². The first kappa shape index (κ1) is 23.0. The summed E-state index contributed by atoms with van der Waals surface area (Å²) in [6.45, 7) is 0.539. The number of benzene rings is 5. The van der Waals surface area contributed by atoms with Crippen LogP contribution in [0.3, 0.4) is 0 Å². The second-order valence-electron chi connectivity index (χ2n) is 8.72. The fourth-order valence-corrected chi connectivity index (χ4v) is 4.95. The Morgan fingerprint density at radius 1 is 0.730 bits per heavy atom. The summed E-state index contributed by atoms with van der Waals surface area (Å²) in [5, 5.41) is 3.13. The summed E-state index contributed by atoms with van der Waals surface area (Å²) >= 11 is 3.67. The van der Waals surface area contributed by atoms with E-state index in [1.807, 2.05) is 70.7 Å². The van der Waals surface area contributed by atoms with E-state index < -0.39 is 0 Å². The number of para-hydroxylation sites is 2. The highest BCUT2D eigenvalue weighted by Crippen LogP contribution is 2.37. The monoisotopic (exact) mass is 546 g/mol. The summed E-state index contributed by atoms with van der Waals surface area (Å²) in [4.78, 5) is 9.18. The third-order valence-electron chi connectivity index (χ3n) is 6.26. The minimum Gasteiger partial charge on any atom is -0.489 e. The molecule has 0 atom stereocenters. The van der Waals surface area contributed by atoms with Crippen molar-refractivity contribution in [1.82, 2.24) is 9.97 Å². The van der Waals surface area contributed by atoms with Gasteiger partial charge in [0.05, 0.1) is 27.4 Å². The van der Waals surface area contributed by atoms with E-state index in [4.69, 9.17) is 10.5 Å². The molecule has 0 radical (unpaired) electrons. The van der Waals surface area contributed by atoms with Gasteiger partial charge in [-0.15, -0.1) is 0 Å². The number of fused-ring (bicyclic) bond motifs is 2. The summed E-state index contributed by atoms with van der Waals surface area (Å²) < 4.78 is 7.87. The molecule has 0 unspecified atom stereocenters. The van der Waals surface area contributed by atoms with E-state index in [1.165, 1.54) is 0 Å². The second kappa shape index (κ2) is 9.91. The molecule has 0 aliphatic carbocycles. The van der Waals surface area contributed by atoms with Crippen LogP contribution in [-0.4, -0.2) is 9.97 Å². The molecular formula is C31H23BrN4O. The number of ether oxygens (including phenoxy) is 1. The maximum atomic E-state index is 6.18. The first-order valence-electron chi connectivity index (χ1n) is 11.9. The van der Waals surface area contributed by atoms with Crippen molar-refractivity contribution in [2.24, 2.45) is 0 Å². The maximum Gasteiger partial charge on any atom is 0.222 e. The van der Waals surface area contributed by atoms with E-state index in [9.17, 15) is 0 Å². The number of nitrogens with two attached hydrogens (primary N) is 1. The molecule has 5 aromatic carbocycles. The van der Waals surface area contributed by atoms with Gasteiger partial charge in [0.2, 0.25) is 5.95 Å². The fourth-order valence-electron chi connectivity index (χ4n) is 4.44. The summed E-state index contributed by atoms with van der Waals surface area (Å²) in [7, 11) is 0. The van der Waals surface area contributed by atoms with E-state index >= 15 is 0 Å². The number of hydrogen-bond donors (Lipinski definition) is 1. The average molecular weight is 547 g/mol. The van der Waals surface area contributed by atoms with Gasteiger partial charge >= 0.3 is 0 Å². The lowest BCUT2D eigenvalue weighted by Gasteiger charge is -2.18. The Balaban J connectivity index is 1.36. The van der Waals surface area contributed by atoms with Crippen molar-refractivity contribution in [3.63, 3.8) is 0 Å². The molecule has 180 valence electrons. The molecule has 0 amide bonds. The zero-order chi connectivity index (χ0) is 25.2. The Morgan fingerprint density at radius 3 is 2.27 bits per heavy atom. The van der Waals surface area contributed by atoms with Gasteiger partial charge in [0, 0.05) is 10.9 Å². The van der Waals surface area contributed by atoms with Crippen molar-refractivity contribution < 1.29 is 4.74 Å². The van der Waals surface area contributed by atoms with Crippen LogP contribution in [0.1, 0.15) is 5.56 Å². The van der Waals surface area contributed by atoms with Crippen LogP contribution < -0.4 is 14.4 Å². The predicted molar refractivity (Wildman–Crippen MR) is 155 cm³/mol. The van der Waals surface area contributed by atoms with E-state index in [1.54, 1.807) is 0 Å². The Hall–Kier alpha value is -4.42. The molecule has 0 fully saturated rings. The first-order chi connectivity index (χ1) is 18.2. The number of halogens is 1. The van der Waals surface area contributed by atoms with Crippen molar-refractivity contribution in [2.75, 3.05) is 9.66 Å². The first-order valence-corrected chi connectivity index (χ1v) is 12.6. The third kappa shape index (κ3) is 4.71. The topological polar surface area (TPSA) is 64.3 Å². The molecule has 6 aromatic rings. The zero-order valence-corrected chi connectivity index (χ0v) is 21.5. The second-order valence-corrected chi connectivity index (χ2v) is 9.43. The van der Waals surface area contributed by atoms with Crippen molar-refractivity contribution in [1.29, 1.82) is 0 Å². The minimum absolute atomic E-state index is 0.219. The van der Waals surface area contributed by atoms with Crippen LogP contribution in [-0.2, 0) is 6.61 Å². The van der Waals surface area contributed by atoms with Crippen LogP contribution in [0.25, 0.3) is 32.8 Å². The standard InChI is InChI=1S/C31H23BrN4O/c32-36(25-10-5-2-6-11-25)30-28-13-7-12-27(29(28)34-31(33)35-30)24-15-14-23-19-26(17-16-22(23)18-24)37-20-21-8-3-1-4-9-21/h1-19H,20H2,(H2,33,34,35). The molecule has 1 aromatic heterocycles. The number of nitrogens with zero attached hydrogens (tertiary/aromatic N) is 3. The van der Waals surface area contributed by atoms with Crippen LogP contribution >= 0.6 is 16.1 Å². The van der Waals surface area contributed by atoms with Crippen LogP contribution in [0.4, 0.5) is 17.5 Å². The predicted octanol–water partition coefficient (Wildman–Crippen LogP) is 8.06. The highest BCUT2D eigenvalue weighted by atomic mass is 79.9. The number of aromatic nitrogens is 2. The number of rotatable bonds is 6. The largest absolute Gasteiger partial charge is 0.489 e. The average Bonchev–Trinajstić information content (AvgIpc) is 2.95. The van der Waals surface area contributed by atoms with Gasteiger partial charge in [0.15, 0.2) is 5.82 Å². The Bertz CT molecular complexity index is 1710. The van der Waals surface area contributed by atoms with E-state index in [0.29, 0.717) is 12.4 Å². The Kier molecular flexibility index (Phi) is 6.16. The van der Waals surface area contributed by atoms with Gasteiger partial charge in [-0.25, -0.2) is 4.98 Å². The third-order valence-corrected chi connectivity index (χ3v) is 7.01. The van der Waals surface area contributed by atoms with Crippen LogP contribution in [0.15, 0.2) is 115 Å². The summed E-state index contributed by atoms with van der Waals surface area (Å²) in [5.74, 6) is 1.76. The zero-order valence-electron chi connectivity index (χ0n) is 19.9. The highest BCUT2D eigenvalue weighted by Gasteiger charge is 2.16. The highest BCUT2D eigenvalue weighted by molar-refractivity contribution is 9.10. The molecule has 0 saturated carbocycles. The SMILES string of the molecule is Nc1nc(N(Br)c2ccccc2)c2cccc(-c3ccc4cc(OCc5ccccc5)ccc4c3)c2n1. The van der Waals surface area contributed by atoms with E-state index in [2.05, 4.69) is 74.6 Å². The lowest BCUT2D eigenvalue weighted by Crippen LogP contribution is -2.07. The van der Waals surface area contributed by atoms with Crippen molar-refractivity contribution in [3.8, 4) is 16.9 Å². The van der Waals surface area contributed by atoms with E-state index in [-0.39, 0.29) is 5.95 Å². The minimum atomic E-state index is 0.219. The molecule has 37 heavy (non-hydrogen) atoms. The summed E-state index contributed by atoms with van der Waals surface area (Å²) in [6.07, 6.45) is 0. The normalized spacial score (nSPS) is 11.1. The number of hydrogen-bond acceptors (Lipinski definition) is 5. The molecular weight excluding hydrogens is 524 g/mol. The fraction of sp³-hybridized carbons (Fsp3) is 0.0323. The Morgan fingerprint density at radius 2 is 1.46 bits per heavy atom. The van der Waals surface area contributed by atoms with Gasteiger partial charge in [-0.1, -0.05) is 78.9 Å². The maximum absolute atomic E-state index is 6.18. The van der Waals surface area contributed by atoms with E-state index in [0.717, 1.165) is 49.8 Å². The molecule has 6 heteroatoms. The number of anilines is 3. The van der Waals surface area contributed by atoms with Crippen molar-refractivity contribution in [3.05, 3.63) is 121 Å². The van der Waals surface area contributed by atoms with Gasteiger partial charge in [-0.2, -0.15) is 4.98 Å². The van der Waals surface area contributed by atoms with Gasteiger partial charge in [0.25, 0.3) is 0 Å². The molecule has 0 aliphatic rings. The molecule has 0 aliphatic heterocycles. The van der Waals surface area contributed by atoms with Gasteiger partial charge in [-0.3, -0.25) is 3.93 Å². The molecule has 0 spiro atoms. The Labute approximate surface area is 223 Å². The number of nitrogen functional groups attached to an aromatic ring is 1. The summed E-state index contributed by atoms with van der Waals surface area (Å²) in [5.41, 5.74) is 11.1. The summed E-state index contributed by atoms with van der Waals surface area (Å²) in [6, 6.07) is 38.8. The lowest BCUT2D eigenvalue weighted by molar-refractivity contribution is 0.306. The quantitative estimate of drug-likeness (QED) is 0.214. The van der Waals surface area contributed by atoms with Crippen LogP contribution in [0, 0.1) is 0 Å².